The van der Waals surface area contributed by atoms with Gasteiger partial charge in [-0.05, 0) is 76.9 Å². The fourth-order valence-corrected chi connectivity index (χ4v) is 2.99. The Morgan fingerprint density at radius 3 is 1.84 bits per heavy atom. The highest BCUT2D eigenvalue weighted by molar-refractivity contribution is 5.76. The molecule has 44 heavy (non-hydrogen) atoms. The molecule has 1 aromatic rings. The number of aliphatic hydroxyl groups is 2. The van der Waals surface area contributed by atoms with Gasteiger partial charge in [-0.1, -0.05) is 30.3 Å². The van der Waals surface area contributed by atoms with E-state index in [1.54, 1.807) is 6.92 Å². The minimum atomic E-state index is -0.955. The SMILES string of the molecule is C=C=NCCC(C)=O.CC(=O)CCN.O=C(O)CCNC(=O)OCc1ccccc1.OC1CCCCO1.OC1CCCCO1. The molecule has 0 radical (unpaired) electrons. The van der Waals surface area contributed by atoms with Gasteiger partial charge in [0.15, 0.2) is 12.6 Å². The number of aliphatic hydroxyl groups excluding tert-OH is 2. The third-order valence-electron chi connectivity index (χ3n) is 5.32. The molecule has 2 atom stereocenters. The largest absolute Gasteiger partial charge is 0.481 e. The van der Waals surface area contributed by atoms with Crippen LogP contribution < -0.4 is 11.1 Å². The Labute approximate surface area is 260 Å². The first-order chi connectivity index (χ1) is 21.0. The molecule has 6 N–H and O–H groups in total. The van der Waals surface area contributed by atoms with E-state index >= 15 is 0 Å². The first-order valence-electron chi connectivity index (χ1n) is 14.6. The lowest BCUT2D eigenvalue weighted by Crippen LogP contribution is -2.26. The van der Waals surface area contributed by atoms with Crippen LogP contribution in [0.2, 0.25) is 0 Å². The number of nitrogens with two attached hydrogens (primary N) is 1. The van der Waals surface area contributed by atoms with Crippen molar-refractivity contribution >= 4 is 29.5 Å². The molecule has 0 spiro atoms. The number of carbonyl (C=O) groups is 4. The van der Waals surface area contributed by atoms with E-state index in [2.05, 4.69) is 22.8 Å². The third kappa shape index (κ3) is 34.7. The molecule has 1 aromatic carbocycles. The van der Waals surface area contributed by atoms with E-state index in [-0.39, 0.29) is 31.1 Å². The van der Waals surface area contributed by atoms with Crippen LogP contribution in [0.3, 0.4) is 0 Å². The van der Waals surface area contributed by atoms with E-state index in [1.165, 1.54) is 6.92 Å². The lowest BCUT2D eigenvalue weighted by atomic mass is 10.2. The zero-order valence-electron chi connectivity index (χ0n) is 26.1. The first-order valence-corrected chi connectivity index (χ1v) is 14.6. The van der Waals surface area contributed by atoms with Crippen molar-refractivity contribution in [2.75, 3.05) is 32.8 Å². The number of ether oxygens (including phenoxy) is 3. The van der Waals surface area contributed by atoms with Gasteiger partial charge in [0.2, 0.25) is 0 Å². The number of hydrogen-bond donors (Lipinski definition) is 5. The second kappa shape index (κ2) is 31.0. The van der Waals surface area contributed by atoms with E-state index in [0.29, 0.717) is 25.9 Å². The number of aliphatic imine (C=N–C) groups is 1. The van der Waals surface area contributed by atoms with Crippen LogP contribution in [0, 0.1) is 0 Å². The second-order valence-electron chi connectivity index (χ2n) is 9.51. The van der Waals surface area contributed by atoms with E-state index in [0.717, 1.165) is 57.3 Å². The normalized spacial score (nSPS) is 16.5. The number of nitrogens with one attached hydrogen (secondary N) is 1. The summed E-state index contributed by atoms with van der Waals surface area (Å²) in [6.07, 6.45) is 5.45. The molecule has 2 fully saturated rings. The minimum absolute atomic E-state index is 0.0724. The minimum Gasteiger partial charge on any atom is -0.481 e. The molecule has 3 rings (SSSR count). The highest BCUT2D eigenvalue weighted by atomic mass is 16.6. The molecule has 250 valence electrons. The van der Waals surface area contributed by atoms with Crippen LogP contribution in [0.25, 0.3) is 0 Å². The highest BCUT2D eigenvalue weighted by Crippen LogP contribution is 2.09. The molecule has 0 saturated carbocycles. The van der Waals surface area contributed by atoms with E-state index < -0.39 is 24.6 Å². The number of alkyl carbamates (subject to hydrolysis) is 1. The summed E-state index contributed by atoms with van der Waals surface area (Å²) < 4.78 is 14.5. The molecule has 2 aliphatic heterocycles. The van der Waals surface area contributed by atoms with Crippen LogP contribution >= 0.6 is 0 Å². The van der Waals surface area contributed by atoms with Gasteiger partial charge >= 0.3 is 12.1 Å². The standard InChI is InChI=1S/C11H13NO4.C6H9NO.2C5H10O2.C4H9NO/c13-10(14)6-7-12-11(15)16-8-9-4-2-1-3-5-9;1-3-7-5-4-6(2)8;2*6-5-3-1-2-4-7-5;1-4(6)2-3-5/h1-5H,6-8H2,(H,12,15)(H,13,14);1,4-5H2,2H3;2*5-6H,1-4H2;2-3,5H2,1H3. The van der Waals surface area contributed by atoms with Crippen molar-refractivity contribution in [3.63, 3.8) is 0 Å². The van der Waals surface area contributed by atoms with Crippen molar-refractivity contribution in [3.8, 4) is 0 Å². The maximum absolute atomic E-state index is 11.1. The van der Waals surface area contributed by atoms with Gasteiger partial charge in [0, 0.05) is 32.6 Å². The van der Waals surface area contributed by atoms with E-state index in [9.17, 15) is 19.2 Å². The highest BCUT2D eigenvalue weighted by Gasteiger charge is 2.08. The van der Waals surface area contributed by atoms with Crippen LogP contribution in [0.15, 0.2) is 41.9 Å². The quantitative estimate of drug-likeness (QED) is 0.239. The number of nitrogens with zero attached hydrogens (tertiary/aromatic N) is 1. The average molecular weight is 626 g/mol. The number of hydrogen-bond acceptors (Lipinski definition) is 11. The molecule has 0 aromatic heterocycles. The number of benzene rings is 1. The lowest BCUT2D eigenvalue weighted by molar-refractivity contribution is -0.136. The summed E-state index contributed by atoms with van der Waals surface area (Å²) in [6.45, 7) is 9.06. The Bertz CT molecular complexity index is 910. The number of ketones is 2. The van der Waals surface area contributed by atoms with Crippen LogP contribution in [-0.2, 0) is 35.2 Å². The van der Waals surface area contributed by atoms with Gasteiger partial charge < -0.3 is 40.6 Å². The maximum Gasteiger partial charge on any atom is 0.407 e. The zero-order valence-corrected chi connectivity index (χ0v) is 26.1. The molecule has 2 saturated heterocycles. The number of carboxylic acid groups (broad SMARTS) is 1. The molecule has 2 heterocycles. The number of carbonyl (C=O) groups excluding carboxylic acids is 3. The number of rotatable bonds is 10. The van der Waals surface area contributed by atoms with Crippen molar-refractivity contribution < 1.29 is 48.7 Å². The van der Waals surface area contributed by atoms with Crippen LogP contribution in [0.4, 0.5) is 4.79 Å². The molecule has 0 bridgehead atoms. The van der Waals surface area contributed by atoms with Gasteiger partial charge in [0.1, 0.15) is 18.2 Å². The smallest absolute Gasteiger partial charge is 0.407 e. The van der Waals surface area contributed by atoms with Crippen LogP contribution in [0.1, 0.15) is 77.2 Å². The molecular formula is C31H51N3O10. The first kappa shape index (κ1) is 42.7. The van der Waals surface area contributed by atoms with Crippen molar-refractivity contribution in [2.24, 2.45) is 10.7 Å². The van der Waals surface area contributed by atoms with Gasteiger partial charge in [-0.15, -0.1) is 0 Å². The van der Waals surface area contributed by atoms with Gasteiger partial charge in [-0.2, -0.15) is 0 Å². The number of carboxylic acids is 1. The average Bonchev–Trinajstić information content (AvgIpc) is 2.98. The van der Waals surface area contributed by atoms with Crippen LogP contribution in [-0.4, -0.2) is 90.2 Å². The molecule has 0 aliphatic carbocycles. The summed E-state index contributed by atoms with van der Waals surface area (Å²) in [6, 6.07) is 9.24. The summed E-state index contributed by atoms with van der Waals surface area (Å²) in [4.78, 5) is 45.0. The summed E-state index contributed by atoms with van der Waals surface area (Å²) in [5.41, 5.74) is 5.89. The van der Waals surface area contributed by atoms with Crippen molar-refractivity contribution in [1.82, 2.24) is 5.32 Å². The predicted octanol–water partition coefficient (Wildman–Crippen LogP) is 3.14. The molecular weight excluding hydrogens is 574 g/mol. The Hall–Kier alpha value is -3.45. The number of Topliss-reactive ketones (excluding diaryl/α,β-unsaturated/α-hetero) is 2. The lowest BCUT2D eigenvalue weighted by Gasteiger charge is -2.16. The molecule has 13 nitrogen and oxygen atoms in total. The van der Waals surface area contributed by atoms with Crippen molar-refractivity contribution in [3.05, 3.63) is 42.5 Å². The fraction of sp³-hybridized carbons (Fsp3) is 0.613. The summed E-state index contributed by atoms with van der Waals surface area (Å²) in [5.74, 6) is 1.71. The Morgan fingerprint density at radius 2 is 1.50 bits per heavy atom. The molecule has 2 aliphatic rings. The zero-order chi connectivity index (χ0) is 33.4. The van der Waals surface area contributed by atoms with E-state index in [4.69, 9.17) is 35.3 Å². The maximum atomic E-state index is 11.1. The van der Waals surface area contributed by atoms with Gasteiger partial charge in [-0.3, -0.25) is 14.4 Å². The van der Waals surface area contributed by atoms with Crippen LogP contribution in [0.5, 0.6) is 0 Å². The predicted molar refractivity (Wildman–Crippen MR) is 166 cm³/mol. The van der Waals surface area contributed by atoms with E-state index in [1.807, 2.05) is 30.3 Å². The van der Waals surface area contributed by atoms with Gasteiger partial charge in [0.25, 0.3) is 0 Å². The topological polar surface area (TPSA) is 207 Å². The monoisotopic (exact) mass is 625 g/mol. The van der Waals surface area contributed by atoms with Crippen molar-refractivity contribution in [2.45, 2.75) is 90.8 Å². The number of amides is 1. The molecule has 1 amide bonds. The Kier molecular flexibility index (Phi) is 30.1. The second-order valence-corrected chi connectivity index (χ2v) is 9.51. The van der Waals surface area contributed by atoms with Crippen molar-refractivity contribution in [1.29, 1.82) is 0 Å². The third-order valence-corrected chi connectivity index (χ3v) is 5.32. The molecule has 13 heteroatoms. The van der Waals surface area contributed by atoms with Gasteiger partial charge in [-0.25, -0.2) is 9.79 Å². The number of aliphatic carboxylic acids is 1. The summed E-state index contributed by atoms with van der Waals surface area (Å²) >= 11 is 0. The van der Waals surface area contributed by atoms with Gasteiger partial charge in [0.05, 0.1) is 13.0 Å². The summed E-state index contributed by atoms with van der Waals surface area (Å²) in [5, 5.41) is 28.1. The Balaban J connectivity index is 0. The fourth-order valence-electron chi connectivity index (χ4n) is 2.99. The summed E-state index contributed by atoms with van der Waals surface area (Å²) in [7, 11) is 0. The molecule has 2 unspecified atom stereocenters. The Morgan fingerprint density at radius 1 is 0.955 bits per heavy atom.